The zero-order valence-electron chi connectivity index (χ0n) is 14.9. The predicted molar refractivity (Wildman–Crippen MR) is 100 cm³/mol. The van der Waals surface area contributed by atoms with Gasteiger partial charge in [0.2, 0.25) is 11.8 Å². The van der Waals surface area contributed by atoms with Gasteiger partial charge in [0, 0.05) is 37.0 Å². The topological polar surface area (TPSA) is 59.1 Å². The third-order valence-electron chi connectivity index (χ3n) is 5.46. The highest BCUT2D eigenvalue weighted by atomic mass is 16.6. The van der Waals surface area contributed by atoms with E-state index in [1.807, 2.05) is 41.3 Å². The van der Waals surface area contributed by atoms with Crippen molar-refractivity contribution in [2.75, 3.05) is 36.1 Å². The van der Waals surface area contributed by atoms with E-state index in [1.165, 1.54) is 5.56 Å². The highest BCUT2D eigenvalue weighted by Gasteiger charge is 2.39. The van der Waals surface area contributed by atoms with Gasteiger partial charge < -0.3 is 19.3 Å². The number of hydrogen-bond donors (Lipinski definition) is 0. The summed E-state index contributed by atoms with van der Waals surface area (Å²) in [6.07, 6.45) is 1.11. The Hall–Kier alpha value is -3.02. The van der Waals surface area contributed by atoms with Crippen molar-refractivity contribution in [3.8, 4) is 11.5 Å². The van der Waals surface area contributed by atoms with Gasteiger partial charge in [-0.25, -0.2) is 0 Å². The summed E-state index contributed by atoms with van der Waals surface area (Å²) in [5.41, 5.74) is 2.92. The van der Waals surface area contributed by atoms with Gasteiger partial charge in [0.1, 0.15) is 13.2 Å². The summed E-state index contributed by atoms with van der Waals surface area (Å²) >= 11 is 0. The molecule has 2 aromatic carbocycles. The normalized spacial score (nSPS) is 20.7. The van der Waals surface area contributed by atoms with E-state index in [-0.39, 0.29) is 24.2 Å². The molecule has 2 aromatic rings. The average Bonchev–Trinajstić information content (AvgIpc) is 3.31. The molecule has 27 heavy (non-hydrogen) atoms. The number of para-hydroxylation sites is 1. The molecule has 138 valence electrons. The molecule has 0 N–H and O–H groups in total. The quantitative estimate of drug-likeness (QED) is 0.821. The molecule has 0 aliphatic carbocycles. The van der Waals surface area contributed by atoms with Crippen LogP contribution in [0.25, 0.3) is 0 Å². The standard InChI is InChI=1S/C21H20N2O4/c24-20-11-15(21(25)22-8-7-14-3-1-2-4-17(14)22)13-23(20)16-5-6-18-19(12-16)27-10-9-26-18/h1-6,12,15H,7-11,13H2/t15-/m0/s1. The number of amides is 2. The van der Waals surface area contributed by atoms with Gasteiger partial charge in [-0.2, -0.15) is 0 Å². The number of ether oxygens (including phenoxy) is 2. The van der Waals surface area contributed by atoms with E-state index in [4.69, 9.17) is 9.47 Å². The van der Waals surface area contributed by atoms with E-state index < -0.39 is 0 Å². The van der Waals surface area contributed by atoms with Crippen molar-refractivity contribution in [1.82, 2.24) is 0 Å². The molecule has 6 nitrogen and oxygen atoms in total. The van der Waals surface area contributed by atoms with Crippen LogP contribution in [0.15, 0.2) is 42.5 Å². The van der Waals surface area contributed by atoms with Crippen molar-refractivity contribution >= 4 is 23.2 Å². The SMILES string of the molecule is O=C1C[C@H](C(=O)N2CCc3ccccc32)CN1c1ccc2c(c1)OCCO2. The molecule has 6 heteroatoms. The number of rotatable bonds is 2. The van der Waals surface area contributed by atoms with Crippen molar-refractivity contribution in [1.29, 1.82) is 0 Å². The van der Waals surface area contributed by atoms with Gasteiger partial charge in [-0.15, -0.1) is 0 Å². The number of carbonyl (C=O) groups is 2. The molecule has 3 heterocycles. The van der Waals surface area contributed by atoms with Crippen LogP contribution in [0, 0.1) is 5.92 Å². The van der Waals surface area contributed by atoms with E-state index in [0.717, 1.165) is 17.8 Å². The molecule has 5 rings (SSSR count). The maximum atomic E-state index is 13.1. The minimum Gasteiger partial charge on any atom is -0.486 e. The van der Waals surface area contributed by atoms with Crippen LogP contribution in [0.1, 0.15) is 12.0 Å². The molecule has 3 aliphatic heterocycles. The van der Waals surface area contributed by atoms with Gasteiger partial charge in [0.05, 0.1) is 5.92 Å². The van der Waals surface area contributed by atoms with E-state index >= 15 is 0 Å². The highest BCUT2D eigenvalue weighted by Crippen LogP contribution is 2.37. The molecule has 1 saturated heterocycles. The summed E-state index contributed by atoms with van der Waals surface area (Å²) in [4.78, 5) is 29.2. The number of fused-ring (bicyclic) bond motifs is 2. The molecule has 0 spiro atoms. The molecule has 0 bridgehead atoms. The number of carbonyl (C=O) groups excluding carboxylic acids is 2. The fourth-order valence-electron chi connectivity index (χ4n) is 4.11. The van der Waals surface area contributed by atoms with Crippen LogP contribution < -0.4 is 19.3 Å². The maximum Gasteiger partial charge on any atom is 0.232 e. The molecule has 1 fully saturated rings. The van der Waals surface area contributed by atoms with Gasteiger partial charge in [0.25, 0.3) is 0 Å². The van der Waals surface area contributed by atoms with Crippen molar-refractivity contribution in [3.05, 3.63) is 48.0 Å². The van der Waals surface area contributed by atoms with Gasteiger partial charge in [-0.3, -0.25) is 9.59 Å². The van der Waals surface area contributed by atoms with Crippen LogP contribution in [-0.4, -0.2) is 38.1 Å². The molecular weight excluding hydrogens is 344 g/mol. The minimum absolute atomic E-state index is 0.0301. The Kier molecular flexibility index (Phi) is 3.77. The zero-order chi connectivity index (χ0) is 18.4. The smallest absolute Gasteiger partial charge is 0.232 e. The fraction of sp³-hybridized carbons (Fsp3) is 0.333. The lowest BCUT2D eigenvalue weighted by atomic mass is 10.1. The summed E-state index contributed by atoms with van der Waals surface area (Å²) in [5.74, 6) is 1.02. The van der Waals surface area contributed by atoms with Crippen LogP contribution >= 0.6 is 0 Å². The lowest BCUT2D eigenvalue weighted by Gasteiger charge is -2.23. The molecule has 0 aromatic heterocycles. The van der Waals surface area contributed by atoms with Gasteiger partial charge in [0.15, 0.2) is 11.5 Å². The Morgan fingerprint density at radius 1 is 1.04 bits per heavy atom. The summed E-state index contributed by atoms with van der Waals surface area (Å²) in [6, 6.07) is 13.5. The monoisotopic (exact) mass is 364 g/mol. The molecule has 2 amide bonds. The maximum absolute atomic E-state index is 13.1. The van der Waals surface area contributed by atoms with Gasteiger partial charge in [-0.05, 0) is 30.2 Å². The minimum atomic E-state index is -0.322. The Morgan fingerprint density at radius 3 is 2.74 bits per heavy atom. The van der Waals surface area contributed by atoms with Crippen molar-refractivity contribution in [3.63, 3.8) is 0 Å². The molecule has 0 radical (unpaired) electrons. The third-order valence-corrected chi connectivity index (χ3v) is 5.46. The van der Waals surface area contributed by atoms with E-state index in [2.05, 4.69) is 6.07 Å². The molecule has 0 unspecified atom stereocenters. The Labute approximate surface area is 157 Å². The lowest BCUT2D eigenvalue weighted by Crippen LogP contribution is -2.36. The van der Waals surface area contributed by atoms with Crippen LogP contribution in [0.2, 0.25) is 0 Å². The van der Waals surface area contributed by atoms with E-state index in [0.29, 0.717) is 37.8 Å². The van der Waals surface area contributed by atoms with Crippen LogP contribution in [0.5, 0.6) is 11.5 Å². The zero-order valence-corrected chi connectivity index (χ0v) is 14.9. The first-order chi connectivity index (χ1) is 13.2. The van der Waals surface area contributed by atoms with Crippen LogP contribution in [-0.2, 0) is 16.0 Å². The Balaban J connectivity index is 1.36. The number of nitrogens with zero attached hydrogens (tertiary/aromatic N) is 2. The first kappa shape index (κ1) is 16.2. The van der Waals surface area contributed by atoms with Gasteiger partial charge >= 0.3 is 0 Å². The molecule has 3 aliphatic rings. The Morgan fingerprint density at radius 2 is 1.85 bits per heavy atom. The second-order valence-corrected chi connectivity index (χ2v) is 7.10. The van der Waals surface area contributed by atoms with Crippen LogP contribution in [0.3, 0.4) is 0 Å². The summed E-state index contributed by atoms with van der Waals surface area (Å²) < 4.78 is 11.2. The first-order valence-electron chi connectivity index (χ1n) is 9.30. The molecule has 1 atom stereocenters. The molecule has 0 saturated carbocycles. The van der Waals surface area contributed by atoms with Gasteiger partial charge in [-0.1, -0.05) is 18.2 Å². The number of anilines is 2. The second-order valence-electron chi connectivity index (χ2n) is 7.10. The largest absolute Gasteiger partial charge is 0.486 e. The first-order valence-corrected chi connectivity index (χ1v) is 9.30. The van der Waals surface area contributed by atoms with E-state index in [1.54, 1.807) is 4.90 Å². The number of hydrogen-bond acceptors (Lipinski definition) is 4. The van der Waals surface area contributed by atoms with Crippen molar-refractivity contribution in [2.24, 2.45) is 5.92 Å². The number of benzene rings is 2. The third kappa shape index (κ3) is 2.72. The summed E-state index contributed by atoms with van der Waals surface area (Å²) in [6.45, 7) is 2.12. The summed E-state index contributed by atoms with van der Waals surface area (Å²) in [5, 5.41) is 0. The molecular formula is C21H20N2O4. The fourth-order valence-corrected chi connectivity index (χ4v) is 4.11. The lowest BCUT2D eigenvalue weighted by molar-refractivity contribution is -0.124. The average molecular weight is 364 g/mol. The van der Waals surface area contributed by atoms with Crippen molar-refractivity contribution in [2.45, 2.75) is 12.8 Å². The van der Waals surface area contributed by atoms with Crippen molar-refractivity contribution < 1.29 is 19.1 Å². The second kappa shape index (κ2) is 6.30. The predicted octanol–water partition coefficient (Wildman–Crippen LogP) is 2.40. The van der Waals surface area contributed by atoms with E-state index in [9.17, 15) is 9.59 Å². The highest BCUT2D eigenvalue weighted by molar-refractivity contribution is 6.05. The Bertz CT molecular complexity index is 926. The summed E-state index contributed by atoms with van der Waals surface area (Å²) in [7, 11) is 0. The van der Waals surface area contributed by atoms with Crippen LogP contribution in [0.4, 0.5) is 11.4 Å².